The molecule has 6 heteroatoms. The molecule has 0 radical (unpaired) electrons. The second-order valence-electron chi connectivity index (χ2n) is 4.52. The Bertz CT molecular complexity index is 493. The zero-order valence-electron chi connectivity index (χ0n) is 11.8. The Balaban J connectivity index is 2.56. The third-order valence-corrected chi connectivity index (χ3v) is 3.49. The predicted molar refractivity (Wildman–Crippen MR) is 79.0 cm³/mol. The highest BCUT2D eigenvalue weighted by atomic mass is 32.1. The number of aliphatic carboxylic acids is 1. The number of likely N-dealkylation sites (N-methyl/N-ethyl adjacent to an activating group) is 1. The van der Waals surface area contributed by atoms with Gasteiger partial charge in [0, 0.05) is 24.5 Å². The predicted octanol–water partition coefficient (Wildman–Crippen LogP) is 2.34. The Morgan fingerprint density at radius 2 is 2.15 bits per heavy atom. The molecule has 0 aromatic carbocycles. The van der Waals surface area contributed by atoms with Crippen LogP contribution >= 0.6 is 11.3 Å². The number of carboxylic acid groups (broad SMARTS) is 1. The second kappa shape index (κ2) is 7.81. The zero-order chi connectivity index (χ0) is 15.1. The van der Waals surface area contributed by atoms with Crippen molar-refractivity contribution in [1.29, 1.82) is 0 Å². The highest BCUT2D eigenvalue weighted by molar-refractivity contribution is 7.14. The molecule has 110 valence electrons. The van der Waals surface area contributed by atoms with Crippen LogP contribution in [0.15, 0.2) is 18.2 Å². The maximum Gasteiger partial charge on any atom is 0.328 e. The van der Waals surface area contributed by atoms with E-state index in [2.05, 4.69) is 0 Å². The van der Waals surface area contributed by atoms with Gasteiger partial charge in [-0.3, -0.25) is 4.79 Å². The van der Waals surface area contributed by atoms with Gasteiger partial charge in [0.1, 0.15) is 0 Å². The third kappa shape index (κ3) is 5.54. The van der Waals surface area contributed by atoms with Crippen LogP contribution in [0.1, 0.15) is 28.4 Å². The first kappa shape index (κ1) is 16.4. The summed E-state index contributed by atoms with van der Waals surface area (Å²) in [6.07, 6.45) is 2.68. The van der Waals surface area contributed by atoms with E-state index in [0.717, 1.165) is 11.0 Å². The van der Waals surface area contributed by atoms with Gasteiger partial charge < -0.3 is 14.7 Å². The lowest BCUT2D eigenvalue weighted by molar-refractivity contribution is -0.131. The summed E-state index contributed by atoms with van der Waals surface area (Å²) in [7, 11) is 1.72. The maximum absolute atomic E-state index is 12.1. The van der Waals surface area contributed by atoms with E-state index < -0.39 is 5.97 Å². The quantitative estimate of drug-likeness (QED) is 0.784. The normalized spacial score (nSPS) is 11.2. The number of rotatable bonds is 7. The van der Waals surface area contributed by atoms with Crippen LogP contribution in [0, 0.1) is 0 Å². The Labute approximate surface area is 122 Å². The minimum atomic E-state index is -1.01. The fourth-order valence-corrected chi connectivity index (χ4v) is 2.33. The Hall–Kier alpha value is -1.66. The molecule has 5 nitrogen and oxygen atoms in total. The molecule has 0 aliphatic heterocycles. The van der Waals surface area contributed by atoms with E-state index in [1.165, 1.54) is 17.4 Å². The van der Waals surface area contributed by atoms with E-state index in [1.807, 2.05) is 13.8 Å². The summed E-state index contributed by atoms with van der Waals surface area (Å²) < 4.78 is 5.40. The van der Waals surface area contributed by atoms with Crippen molar-refractivity contribution < 1.29 is 19.4 Å². The van der Waals surface area contributed by atoms with Crippen molar-refractivity contribution in [1.82, 2.24) is 4.90 Å². The highest BCUT2D eigenvalue weighted by Gasteiger charge is 2.13. The molecule has 1 aromatic heterocycles. The molecule has 0 aliphatic rings. The summed E-state index contributed by atoms with van der Waals surface area (Å²) in [5.41, 5.74) is 0. The minimum Gasteiger partial charge on any atom is -0.478 e. The zero-order valence-corrected chi connectivity index (χ0v) is 12.6. The molecule has 0 saturated heterocycles. The van der Waals surface area contributed by atoms with E-state index >= 15 is 0 Å². The molecular formula is C14H19NO4S. The summed E-state index contributed by atoms with van der Waals surface area (Å²) in [5, 5.41) is 8.55. The lowest BCUT2D eigenvalue weighted by Crippen LogP contribution is -2.30. The molecule has 0 aliphatic carbocycles. The smallest absolute Gasteiger partial charge is 0.328 e. The Kier molecular flexibility index (Phi) is 6.41. The molecule has 1 rings (SSSR count). The summed E-state index contributed by atoms with van der Waals surface area (Å²) in [4.78, 5) is 25.5. The summed E-state index contributed by atoms with van der Waals surface area (Å²) in [5.74, 6) is -1.09. The van der Waals surface area contributed by atoms with Crippen LogP contribution < -0.4 is 0 Å². The molecule has 0 atom stereocenters. The first-order chi connectivity index (χ1) is 9.40. The van der Waals surface area contributed by atoms with Crippen molar-refractivity contribution in [2.75, 3.05) is 20.2 Å². The number of thiophene rings is 1. The number of carbonyl (C=O) groups excluding carboxylic acids is 1. The molecule has 1 aromatic rings. The van der Waals surface area contributed by atoms with E-state index in [1.54, 1.807) is 24.1 Å². The van der Waals surface area contributed by atoms with Gasteiger partial charge >= 0.3 is 5.97 Å². The molecule has 1 amide bonds. The van der Waals surface area contributed by atoms with Gasteiger partial charge in [0.25, 0.3) is 5.91 Å². The van der Waals surface area contributed by atoms with Crippen LogP contribution in [0.4, 0.5) is 0 Å². The first-order valence-corrected chi connectivity index (χ1v) is 7.09. The van der Waals surface area contributed by atoms with Crippen molar-refractivity contribution >= 4 is 29.3 Å². The van der Waals surface area contributed by atoms with Crippen molar-refractivity contribution in [2.45, 2.75) is 20.0 Å². The van der Waals surface area contributed by atoms with Crippen LogP contribution in [0.2, 0.25) is 0 Å². The van der Waals surface area contributed by atoms with Gasteiger partial charge in [-0.15, -0.1) is 11.3 Å². The third-order valence-electron chi connectivity index (χ3n) is 2.45. The molecule has 0 unspecified atom stereocenters. The molecule has 0 bridgehead atoms. The standard InChI is InChI=1S/C14H19NO4S/c1-10(2)19-9-8-15(3)14(18)12-6-4-11(20-12)5-7-13(16)17/h4-7,10H,8-9H2,1-3H3,(H,16,17)/b7-5+. The van der Waals surface area contributed by atoms with E-state index in [0.29, 0.717) is 18.0 Å². The number of carboxylic acids is 1. The molecule has 1 heterocycles. The lowest BCUT2D eigenvalue weighted by Gasteiger charge is -2.17. The van der Waals surface area contributed by atoms with Crippen molar-refractivity contribution in [3.05, 3.63) is 28.0 Å². The fourth-order valence-electron chi connectivity index (χ4n) is 1.43. The number of ether oxygens (including phenoxy) is 1. The molecule has 1 N–H and O–H groups in total. The summed E-state index contributed by atoms with van der Waals surface area (Å²) >= 11 is 1.27. The highest BCUT2D eigenvalue weighted by Crippen LogP contribution is 2.19. The maximum atomic E-state index is 12.1. The number of carbonyl (C=O) groups is 2. The van der Waals surface area contributed by atoms with Gasteiger partial charge in [-0.25, -0.2) is 4.79 Å². The van der Waals surface area contributed by atoms with E-state index in [-0.39, 0.29) is 12.0 Å². The number of hydrogen-bond acceptors (Lipinski definition) is 4. The van der Waals surface area contributed by atoms with Gasteiger partial charge in [0.05, 0.1) is 17.6 Å². The van der Waals surface area contributed by atoms with Crippen LogP contribution in [-0.4, -0.2) is 48.2 Å². The lowest BCUT2D eigenvalue weighted by atomic mass is 10.3. The number of hydrogen-bond donors (Lipinski definition) is 1. The number of nitrogens with zero attached hydrogens (tertiary/aromatic N) is 1. The van der Waals surface area contributed by atoms with E-state index in [9.17, 15) is 9.59 Å². The molecule has 20 heavy (non-hydrogen) atoms. The van der Waals surface area contributed by atoms with Gasteiger partial charge in [0.2, 0.25) is 0 Å². The van der Waals surface area contributed by atoms with Crippen LogP contribution in [0.5, 0.6) is 0 Å². The largest absolute Gasteiger partial charge is 0.478 e. The van der Waals surface area contributed by atoms with E-state index in [4.69, 9.17) is 9.84 Å². The first-order valence-electron chi connectivity index (χ1n) is 6.28. The van der Waals surface area contributed by atoms with Crippen LogP contribution in [0.25, 0.3) is 6.08 Å². The minimum absolute atomic E-state index is 0.0858. The van der Waals surface area contributed by atoms with Crippen molar-refractivity contribution in [2.24, 2.45) is 0 Å². The van der Waals surface area contributed by atoms with Crippen molar-refractivity contribution in [3.8, 4) is 0 Å². The van der Waals surface area contributed by atoms with Crippen LogP contribution in [0.3, 0.4) is 0 Å². The van der Waals surface area contributed by atoms with Crippen LogP contribution in [-0.2, 0) is 9.53 Å². The summed E-state index contributed by atoms with van der Waals surface area (Å²) in [6.45, 7) is 4.91. The summed E-state index contributed by atoms with van der Waals surface area (Å²) in [6, 6.07) is 3.43. The second-order valence-corrected chi connectivity index (χ2v) is 5.64. The van der Waals surface area contributed by atoms with Gasteiger partial charge in [-0.2, -0.15) is 0 Å². The fraction of sp³-hybridized carbons (Fsp3) is 0.429. The average Bonchev–Trinajstić information content (AvgIpc) is 2.83. The molecule has 0 fully saturated rings. The molecule has 0 saturated carbocycles. The average molecular weight is 297 g/mol. The topological polar surface area (TPSA) is 66.8 Å². The number of amides is 1. The monoisotopic (exact) mass is 297 g/mol. The molecular weight excluding hydrogens is 278 g/mol. The van der Waals surface area contributed by atoms with Gasteiger partial charge in [-0.05, 0) is 32.1 Å². The van der Waals surface area contributed by atoms with Crippen molar-refractivity contribution in [3.63, 3.8) is 0 Å². The van der Waals surface area contributed by atoms with Gasteiger partial charge in [-0.1, -0.05) is 0 Å². The Morgan fingerprint density at radius 3 is 2.75 bits per heavy atom. The Morgan fingerprint density at radius 1 is 1.45 bits per heavy atom. The SMILES string of the molecule is CC(C)OCCN(C)C(=O)c1ccc(/C=C/C(=O)O)s1. The molecule has 0 spiro atoms. The van der Waals surface area contributed by atoms with Gasteiger partial charge in [0.15, 0.2) is 0 Å².